The number of carbonyl (C=O) groups is 1. The van der Waals surface area contributed by atoms with Gasteiger partial charge in [0.25, 0.3) is 0 Å². The van der Waals surface area contributed by atoms with Crippen molar-refractivity contribution < 1.29 is 29.1 Å². The van der Waals surface area contributed by atoms with Gasteiger partial charge in [-0.3, -0.25) is 13.9 Å². The number of aliphatic hydroxyl groups excluding tert-OH is 3. The number of ether oxygens (including phenoxy) is 1. The molecule has 8 nitrogen and oxygen atoms in total. The third-order valence-electron chi connectivity index (χ3n) is 5.73. The molecule has 29 heavy (non-hydrogen) atoms. The molecule has 2 heterocycles. The largest absolute Gasteiger partial charge is 0.388 e. The van der Waals surface area contributed by atoms with Crippen LogP contribution in [0.5, 0.6) is 0 Å². The van der Waals surface area contributed by atoms with Gasteiger partial charge in [-0.2, -0.15) is 0 Å². The molecule has 2 aliphatic heterocycles. The van der Waals surface area contributed by atoms with Crippen LogP contribution in [0.15, 0.2) is 0 Å². The summed E-state index contributed by atoms with van der Waals surface area (Å²) in [6.45, 7) is 4.61. The molecule has 11 heteroatoms. The molecule has 0 spiro atoms. The van der Waals surface area contributed by atoms with Crippen LogP contribution in [0.2, 0.25) is 0 Å². The van der Waals surface area contributed by atoms with Gasteiger partial charge < -0.3 is 25.4 Å². The van der Waals surface area contributed by atoms with E-state index in [2.05, 4.69) is 12.2 Å². The molecule has 2 saturated heterocycles. The zero-order valence-corrected chi connectivity index (χ0v) is 19.6. The predicted molar refractivity (Wildman–Crippen MR) is 115 cm³/mol. The molecular weight excluding hydrogens is 443 g/mol. The molecular formula is C18H34Cl2N2O6S. The summed E-state index contributed by atoms with van der Waals surface area (Å²) in [6, 6.07) is -1.13. The minimum absolute atomic E-state index is 0. The highest BCUT2D eigenvalue weighted by molar-refractivity contribution is 7.84. The number of likely N-dealkylation sites (N-methyl/N-ethyl adjacent to an activating group) is 1. The summed E-state index contributed by atoms with van der Waals surface area (Å²) in [5.41, 5.74) is -1.18. The fraction of sp³-hybridized carbons (Fsp3) is 0.944. The fourth-order valence-electron chi connectivity index (χ4n) is 4.19. The van der Waals surface area contributed by atoms with Gasteiger partial charge >= 0.3 is 0 Å². The van der Waals surface area contributed by atoms with Crippen molar-refractivity contribution in [3.8, 4) is 0 Å². The Bertz CT molecular complexity index is 572. The van der Waals surface area contributed by atoms with E-state index in [-0.39, 0.29) is 24.4 Å². The van der Waals surface area contributed by atoms with Gasteiger partial charge in [-0.1, -0.05) is 13.3 Å². The number of rotatable bonds is 7. The van der Waals surface area contributed by atoms with E-state index in [1.807, 2.05) is 11.9 Å². The highest BCUT2D eigenvalue weighted by atomic mass is 35.5. The quantitative estimate of drug-likeness (QED) is 0.376. The number of aliphatic hydroxyl groups is 3. The van der Waals surface area contributed by atoms with Gasteiger partial charge in [0.15, 0.2) is 5.44 Å². The van der Waals surface area contributed by atoms with Crippen molar-refractivity contribution in [1.29, 1.82) is 0 Å². The van der Waals surface area contributed by atoms with Crippen LogP contribution in [0.4, 0.5) is 0 Å². The van der Waals surface area contributed by atoms with Crippen LogP contribution < -0.4 is 5.32 Å². The van der Waals surface area contributed by atoms with Gasteiger partial charge in [-0.25, -0.2) is 0 Å². The lowest BCUT2D eigenvalue weighted by Gasteiger charge is -2.43. The van der Waals surface area contributed by atoms with E-state index >= 15 is 0 Å². The third-order valence-corrected chi connectivity index (χ3v) is 7.04. The number of carbonyl (C=O) groups excluding carboxylic acids is 1. The minimum atomic E-state index is -1.60. The zero-order valence-electron chi connectivity index (χ0n) is 17.2. The molecule has 0 saturated carbocycles. The van der Waals surface area contributed by atoms with Crippen molar-refractivity contribution in [1.82, 2.24) is 10.2 Å². The summed E-state index contributed by atoms with van der Waals surface area (Å²) in [5, 5.41) is 32.8. The molecule has 0 aliphatic carbocycles. The van der Waals surface area contributed by atoms with Gasteiger partial charge in [0.2, 0.25) is 5.91 Å². The molecule has 0 aromatic carbocycles. The summed E-state index contributed by atoms with van der Waals surface area (Å²) in [5.74, 6) is 0.238. The van der Waals surface area contributed by atoms with Crippen LogP contribution in [0, 0.1) is 5.92 Å². The molecule has 2 aliphatic rings. The lowest BCUT2D eigenvalue weighted by Crippen LogP contribution is -2.66. The van der Waals surface area contributed by atoms with Crippen LogP contribution in [0.3, 0.4) is 0 Å². The first-order valence-corrected chi connectivity index (χ1v) is 11.8. The average Bonchev–Trinajstić information content (AvgIpc) is 2.98. The summed E-state index contributed by atoms with van der Waals surface area (Å²) in [7, 11) is 0.301. The normalized spacial score (nSPS) is 38.7. The van der Waals surface area contributed by atoms with Gasteiger partial charge in [0.05, 0.1) is 28.3 Å². The van der Waals surface area contributed by atoms with Crippen molar-refractivity contribution in [2.75, 3.05) is 19.8 Å². The van der Waals surface area contributed by atoms with Gasteiger partial charge in [0, 0.05) is 12.8 Å². The average molecular weight is 477 g/mol. The highest BCUT2D eigenvalue weighted by Gasteiger charge is 2.49. The van der Waals surface area contributed by atoms with Crippen molar-refractivity contribution in [2.45, 2.75) is 80.4 Å². The number of alkyl halides is 1. The maximum absolute atomic E-state index is 12.9. The van der Waals surface area contributed by atoms with E-state index in [1.165, 1.54) is 6.26 Å². The minimum Gasteiger partial charge on any atom is -0.388 e. The Labute approximate surface area is 186 Å². The lowest BCUT2D eigenvalue weighted by atomic mass is 9.92. The number of hydrogen-bond acceptors (Lipinski definition) is 7. The second-order valence-corrected chi connectivity index (χ2v) is 10.1. The first-order chi connectivity index (χ1) is 13.1. The monoisotopic (exact) mass is 476 g/mol. The number of halogens is 2. The van der Waals surface area contributed by atoms with Crippen LogP contribution in [-0.2, 0) is 20.3 Å². The molecule has 0 bridgehead atoms. The molecule has 0 radical (unpaired) electrons. The highest BCUT2D eigenvalue weighted by Crippen LogP contribution is 2.29. The van der Waals surface area contributed by atoms with Gasteiger partial charge in [-0.15, -0.1) is 24.0 Å². The van der Waals surface area contributed by atoms with Crippen LogP contribution in [-0.4, -0.2) is 97.5 Å². The van der Waals surface area contributed by atoms with Crippen molar-refractivity contribution >= 4 is 40.7 Å². The Balaban J connectivity index is 0.00000420. The Kier molecular flexibility index (Phi) is 10.8. The number of nitrogens with zero attached hydrogens (tertiary/aromatic N) is 1. The molecule has 172 valence electrons. The van der Waals surface area contributed by atoms with Crippen LogP contribution in [0.1, 0.15) is 33.1 Å². The Morgan fingerprint density at radius 1 is 1.31 bits per heavy atom. The fourth-order valence-corrected chi connectivity index (χ4v) is 5.24. The first-order valence-electron chi connectivity index (χ1n) is 9.75. The molecule has 10 atom stereocenters. The van der Waals surface area contributed by atoms with Crippen molar-refractivity contribution in [3.63, 3.8) is 0 Å². The summed E-state index contributed by atoms with van der Waals surface area (Å²) in [6.07, 6.45) is -1.41. The lowest BCUT2D eigenvalue weighted by molar-refractivity contribution is -0.206. The number of amides is 1. The molecule has 1 amide bonds. The van der Waals surface area contributed by atoms with E-state index in [4.69, 9.17) is 16.3 Å². The number of hydrogen-bond donors (Lipinski definition) is 4. The molecule has 0 aromatic heterocycles. The second kappa shape index (κ2) is 11.6. The van der Waals surface area contributed by atoms with Crippen molar-refractivity contribution in [3.05, 3.63) is 0 Å². The summed E-state index contributed by atoms with van der Waals surface area (Å²) in [4.78, 5) is 14.9. The first kappa shape index (κ1) is 27.0. The number of likely N-dealkylation sites (tertiary alicyclic amines) is 1. The smallest absolute Gasteiger partial charge is 0.237 e. The standard InChI is InChI=1S/C18H33ClN2O6S.ClH/c1-5-6-10-7-11(21(3)8-10)17(25)20-12(9(2)19)16-14(23)13(22)15(24)18(27-16)28(4)26;/h9-16,18,22-24H,5-8H2,1-4H3,(H,20,25);1H/t9?,10?,11-,12?,13-,14-,15?,16?,18-,28?;/m1./s1. The SMILES string of the molecule is CCCC1C[C@H](C(=O)NC(C(C)Cl)C2O[C@H](S(C)=O)C(O)[C@H](O)[C@H]2O)N(C)C1.Cl. The van der Waals surface area contributed by atoms with Crippen LogP contribution >= 0.6 is 24.0 Å². The Morgan fingerprint density at radius 3 is 2.45 bits per heavy atom. The Morgan fingerprint density at radius 2 is 1.93 bits per heavy atom. The second-order valence-electron chi connectivity index (χ2n) is 8.00. The molecule has 2 rings (SSSR count). The predicted octanol–water partition coefficient (Wildman–Crippen LogP) is -0.173. The molecule has 2 fully saturated rings. The van der Waals surface area contributed by atoms with E-state index in [0.717, 1.165) is 25.8 Å². The van der Waals surface area contributed by atoms with E-state index < -0.39 is 52.1 Å². The maximum Gasteiger partial charge on any atom is 0.237 e. The zero-order chi connectivity index (χ0) is 21.2. The summed E-state index contributed by atoms with van der Waals surface area (Å²) < 4.78 is 17.5. The molecule has 6 unspecified atom stereocenters. The Hall–Kier alpha value is -0.0000000000000000555. The van der Waals surface area contributed by atoms with Gasteiger partial charge in [-0.05, 0) is 32.7 Å². The number of nitrogens with one attached hydrogen (secondary N) is 1. The third kappa shape index (κ3) is 6.26. The van der Waals surface area contributed by atoms with Crippen molar-refractivity contribution in [2.24, 2.45) is 5.92 Å². The molecule has 0 aromatic rings. The topological polar surface area (TPSA) is 119 Å². The van der Waals surface area contributed by atoms with E-state index in [9.17, 15) is 24.3 Å². The summed E-state index contributed by atoms with van der Waals surface area (Å²) >= 11 is 6.28. The van der Waals surface area contributed by atoms with E-state index in [0.29, 0.717) is 5.92 Å². The molecule has 4 N–H and O–H groups in total. The maximum atomic E-state index is 12.9. The van der Waals surface area contributed by atoms with E-state index in [1.54, 1.807) is 6.92 Å². The van der Waals surface area contributed by atoms with Crippen LogP contribution in [0.25, 0.3) is 0 Å². The van der Waals surface area contributed by atoms with Gasteiger partial charge in [0.1, 0.15) is 24.4 Å².